The monoisotopic (exact) mass is 370 g/mol. The molecule has 114 valence electrons. The van der Waals surface area contributed by atoms with Crippen LogP contribution in [0.5, 0.6) is 0 Å². The minimum absolute atomic E-state index is 0.155. The summed E-state index contributed by atoms with van der Waals surface area (Å²) in [6.45, 7) is 6.88. The van der Waals surface area contributed by atoms with E-state index in [-0.39, 0.29) is 11.5 Å². The highest BCUT2D eigenvalue weighted by Gasteiger charge is 2.21. The highest BCUT2D eigenvalue weighted by Crippen LogP contribution is 2.35. The van der Waals surface area contributed by atoms with Gasteiger partial charge in [0.2, 0.25) is 0 Å². The Morgan fingerprint density at radius 3 is 2.86 bits per heavy atom. The predicted octanol–water partition coefficient (Wildman–Crippen LogP) is 3.79. The van der Waals surface area contributed by atoms with Crippen molar-refractivity contribution in [1.29, 1.82) is 0 Å². The number of thiophene rings is 1. The molecular weight excluding hydrogens is 352 g/mol. The van der Waals surface area contributed by atoms with Crippen LogP contribution < -0.4 is 11.1 Å². The number of carbonyl (C=O) groups is 1. The van der Waals surface area contributed by atoms with E-state index in [0.29, 0.717) is 23.7 Å². The van der Waals surface area contributed by atoms with Crippen molar-refractivity contribution in [2.24, 2.45) is 0 Å². The summed E-state index contributed by atoms with van der Waals surface area (Å²) in [5, 5.41) is 3.80. The standard InChI is InChI=1S/C15H19BrN2O2S/c1-4-20-15(2,3)8-18-14(19)13-12(17)10-7-9(16)5-6-11(10)21-13/h5-7H,4,8,17H2,1-3H3,(H,18,19). The van der Waals surface area contributed by atoms with Gasteiger partial charge in [-0.1, -0.05) is 15.9 Å². The minimum atomic E-state index is -0.390. The number of rotatable bonds is 5. The van der Waals surface area contributed by atoms with Crippen molar-refractivity contribution in [3.05, 3.63) is 27.5 Å². The summed E-state index contributed by atoms with van der Waals surface area (Å²) in [6.07, 6.45) is 0. The quantitative estimate of drug-likeness (QED) is 0.841. The highest BCUT2D eigenvalue weighted by molar-refractivity contribution is 9.10. The number of nitrogens with one attached hydrogen (secondary N) is 1. The lowest BCUT2D eigenvalue weighted by Crippen LogP contribution is -2.40. The summed E-state index contributed by atoms with van der Waals surface area (Å²) >= 11 is 4.82. The molecule has 4 nitrogen and oxygen atoms in total. The maximum Gasteiger partial charge on any atom is 0.263 e. The average molecular weight is 371 g/mol. The van der Waals surface area contributed by atoms with Crippen molar-refractivity contribution in [1.82, 2.24) is 5.32 Å². The van der Waals surface area contributed by atoms with Crippen LogP contribution in [-0.2, 0) is 4.74 Å². The summed E-state index contributed by atoms with van der Waals surface area (Å²) in [5.41, 5.74) is 6.24. The van der Waals surface area contributed by atoms with Gasteiger partial charge < -0.3 is 15.8 Å². The fourth-order valence-corrected chi connectivity index (χ4v) is 3.45. The Kier molecular flexibility index (Phi) is 4.91. The lowest BCUT2D eigenvalue weighted by Gasteiger charge is -2.24. The fraction of sp³-hybridized carbons (Fsp3) is 0.400. The third kappa shape index (κ3) is 3.75. The topological polar surface area (TPSA) is 64.3 Å². The van der Waals surface area contributed by atoms with Crippen LogP contribution in [-0.4, -0.2) is 24.7 Å². The Morgan fingerprint density at radius 2 is 2.19 bits per heavy atom. The van der Waals surface area contributed by atoms with Crippen molar-refractivity contribution < 1.29 is 9.53 Å². The third-order valence-electron chi connectivity index (χ3n) is 3.10. The molecule has 0 saturated carbocycles. The Labute approximate surface area is 136 Å². The Balaban J connectivity index is 2.18. The summed E-state index contributed by atoms with van der Waals surface area (Å²) < 4.78 is 7.52. The van der Waals surface area contributed by atoms with Gasteiger partial charge in [-0.25, -0.2) is 0 Å². The van der Waals surface area contributed by atoms with E-state index in [1.54, 1.807) is 0 Å². The van der Waals surface area contributed by atoms with Gasteiger partial charge >= 0.3 is 0 Å². The van der Waals surface area contributed by atoms with Crippen LogP contribution >= 0.6 is 27.3 Å². The molecule has 6 heteroatoms. The van der Waals surface area contributed by atoms with Gasteiger partial charge in [0.15, 0.2) is 0 Å². The van der Waals surface area contributed by atoms with Gasteiger partial charge in [0, 0.05) is 27.7 Å². The molecule has 1 aromatic heterocycles. The van der Waals surface area contributed by atoms with E-state index in [1.165, 1.54) is 11.3 Å². The first-order valence-corrected chi connectivity index (χ1v) is 8.34. The molecule has 2 aromatic rings. The van der Waals surface area contributed by atoms with E-state index in [4.69, 9.17) is 10.5 Å². The number of nitrogen functional groups attached to an aromatic ring is 1. The van der Waals surface area contributed by atoms with Gasteiger partial charge in [-0.15, -0.1) is 11.3 Å². The van der Waals surface area contributed by atoms with Crippen LogP contribution in [0.4, 0.5) is 5.69 Å². The molecule has 0 unspecified atom stereocenters. The Morgan fingerprint density at radius 1 is 1.48 bits per heavy atom. The number of hydrogen-bond donors (Lipinski definition) is 2. The third-order valence-corrected chi connectivity index (χ3v) is 4.78. The zero-order valence-electron chi connectivity index (χ0n) is 12.3. The van der Waals surface area contributed by atoms with Gasteiger partial charge in [-0.3, -0.25) is 4.79 Å². The van der Waals surface area contributed by atoms with E-state index in [2.05, 4.69) is 21.2 Å². The zero-order valence-corrected chi connectivity index (χ0v) is 14.7. The number of ether oxygens (including phenoxy) is 1. The molecule has 0 fully saturated rings. The van der Waals surface area contributed by atoms with Gasteiger partial charge in [0.25, 0.3) is 5.91 Å². The smallest absolute Gasteiger partial charge is 0.263 e. The first-order valence-electron chi connectivity index (χ1n) is 6.74. The van der Waals surface area contributed by atoms with Crippen LogP contribution in [0.3, 0.4) is 0 Å². The second-order valence-corrected chi connectivity index (χ2v) is 7.33. The number of carbonyl (C=O) groups excluding carboxylic acids is 1. The van der Waals surface area contributed by atoms with Crippen LogP contribution in [0, 0.1) is 0 Å². The largest absolute Gasteiger partial charge is 0.397 e. The van der Waals surface area contributed by atoms with Crippen LogP contribution in [0.2, 0.25) is 0 Å². The number of hydrogen-bond acceptors (Lipinski definition) is 4. The average Bonchev–Trinajstić information content (AvgIpc) is 2.73. The van der Waals surface area contributed by atoms with Crippen molar-refractivity contribution in [2.45, 2.75) is 26.4 Å². The van der Waals surface area contributed by atoms with Crippen molar-refractivity contribution in [2.75, 3.05) is 18.9 Å². The van der Waals surface area contributed by atoms with Gasteiger partial charge in [0.1, 0.15) is 4.88 Å². The molecule has 0 spiro atoms. The molecule has 0 aliphatic rings. The molecule has 0 aliphatic heterocycles. The van der Waals surface area contributed by atoms with E-state index < -0.39 is 0 Å². The number of anilines is 1. The lowest BCUT2D eigenvalue weighted by molar-refractivity contribution is -0.00812. The summed E-state index contributed by atoms with van der Waals surface area (Å²) in [5.74, 6) is -0.155. The summed E-state index contributed by atoms with van der Waals surface area (Å²) in [6, 6.07) is 5.83. The number of halogens is 1. The van der Waals surface area contributed by atoms with E-state index in [9.17, 15) is 4.79 Å². The van der Waals surface area contributed by atoms with Crippen LogP contribution in [0.1, 0.15) is 30.4 Å². The molecule has 1 amide bonds. The molecule has 1 heterocycles. The zero-order chi connectivity index (χ0) is 15.6. The van der Waals surface area contributed by atoms with E-state index in [1.807, 2.05) is 39.0 Å². The highest BCUT2D eigenvalue weighted by atomic mass is 79.9. The van der Waals surface area contributed by atoms with Gasteiger partial charge in [-0.05, 0) is 39.0 Å². The van der Waals surface area contributed by atoms with Crippen LogP contribution in [0.25, 0.3) is 10.1 Å². The Hall–Kier alpha value is -1.11. The van der Waals surface area contributed by atoms with E-state index >= 15 is 0 Å². The van der Waals surface area contributed by atoms with Crippen molar-refractivity contribution in [3.63, 3.8) is 0 Å². The number of nitrogens with two attached hydrogens (primary N) is 1. The number of fused-ring (bicyclic) bond motifs is 1. The maximum atomic E-state index is 12.3. The lowest BCUT2D eigenvalue weighted by atomic mass is 10.1. The first kappa shape index (κ1) is 16.3. The number of benzene rings is 1. The molecule has 0 radical (unpaired) electrons. The predicted molar refractivity (Wildman–Crippen MR) is 92.0 cm³/mol. The van der Waals surface area contributed by atoms with Crippen molar-refractivity contribution in [3.8, 4) is 0 Å². The molecule has 21 heavy (non-hydrogen) atoms. The maximum absolute atomic E-state index is 12.3. The molecule has 0 aliphatic carbocycles. The SMILES string of the molecule is CCOC(C)(C)CNC(=O)c1sc2ccc(Br)cc2c1N. The summed E-state index contributed by atoms with van der Waals surface area (Å²) in [4.78, 5) is 12.9. The molecule has 0 atom stereocenters. The molecule has 0 bridgehead atoms. The minimum Gasteiger partial charge on any atom is -0.397 e. The fourth-order valence-electron chi connectivity index (χ4n) is 2.07. The van der Waals surface area contributed by atoms with Gasteiger partial charge in [-0.2, -0.15) is 0 Å². The molecule has 0 saturated heterocycles. The molecule has 2 rings (SSSR count). The van der Waals surface area contributed by atoms with Crippen molar-refractivity contribution >= 4 is 48.9 Å². The van der Waals surface area contributed by atoms with Gasteiger partial charge in [0.05, 0.1) is 11.3 Å². The summed E-state index contributed by atoms with van der Waals surface area (Å²) in [7, 11) is 0. The molecule has 3 N–H and O–H groups in total. The second kappa shape index (κ2) is 6.34. The first-order chi connectivity index (χ1) is 9.84. The number of amides is 1. The normalized spacial score (nSPS) is 11.8. The Bertz CT molecular complexity index is 667. The van der Waals surface area contributed by atoms with Crippen LogP contribution in [0.15, 0.2) is 22.7 Å². The van der Waals surface area contributed by atoms with E-state index in [0.717, 1.165) is 14.6 Å². The second-order valence-electron chi connectivity index (χ2n) is 5.36. The molecular formula is C15H19BrN2O2S. The molecule has 1 aromatic carbocycles.